The molecule has 0 bridgehead atoms. The molecule has 3 nitrogen and oxygen atoms in total. The maximum atomic E-state index is 5.91. The molecule has 6 heteroatoms. The average molecular weight is 317 g/mol. The van der Waals surface area contributed by atoms with Gasteiger partial charge in [0.2, 0.25) is 0 Å². The Morgan fingerprint density at radius 2 is 2.00 bits per heavy atom. The van der Waals surface area contributed by atoms with E-state index in [1.165, 1.54) is 11.8 Å². The first-order chi connectivity index (χ1) is 7.69. The molecule has 2 aromatic rings. The van der Waals surface area contributed by atoms with Gasteiger partial charge in [0.15, 0.2) is 5.16 Å². The van der Waals surface area contributed by atoms with Crippen LogP contribution >= 0.6 is 39.3 Å². The molecular formula is C10H7BrClN3S. The Bertz CT molecular complexity index is 521. The van der Waals surface area contributed by atoms with E-state index >= 15 is 0 Å². The molecule has 0 unspecified atom stereocenters. The molecule has 0 spiro atoms. The lowest BCUT2D eigenvalue weighted by Gasteiger charge is -2.03. The van der Waals surface area contributed by atoms with Crippen LogP contribution in [0.25, 0.3) is 11.4 Å². The average Bonchev–Trinajstić information content (AvgIpc) is 2.28. The summed E-state index contributed by atoms with van der Waals surface area (Å²) in [7, 11) is 0. The van der Waals surface area contributed by atoms with E-state index in [9.17, 15) is 0 Å². The lowest BCUT2D eigenvalue weighted by Crippen LogP contribution is -1.92. The molecule has 0 saturated heterocycles. The molecule has 2 aromatic heterocycles. The lowest BCUT2D eigenvalue weighted by atomic mass is 10.3. The standard InChI is InChI=1S/C10H7BrClN3S/c1-16-10-14-7(5-9(12)15-10)6-3-2-4-8(11)13-6/h2-5H,1H3. The van der Waals surface area contributed by atoms with Gasteiger partial charge in [-0.3, -0.25) is 0 Å². The smallest absolute Gasteiger partial charge is 0.189 e. The highest BCUT2D eigenvalue weighted by Gasteiger charge is 2.06. The third kappa shape index (κ3) is 2.72. The van der Waals surface area contributed by atoms with E-state index in [-0.39, 0.29) is 0 Å². The maximum absolute atomic E-state index is 5.91. The number of nitrogens with zero attached hydrogens (tertiary/aromatic N) is 3. The van der Waals surface area contributed by atoms with Gasteiger partial charge in [-0.1, -0.05) is 29.4 Å². The number of thioether (sulfide) groups is 1. The summed E-state index contributed by atoms with van der Waals surface area (Å²) in [5.41, 5.74) is 1.50. The first-order valence-electron chi connectivity index (χ1n) is 4.40. The monoisotopic (exact) mass is 315 g/mol. The molecule has 2 heterocycles. The molecule has 0 saturated carbocycles. The number of rotatable bonds is 2. The van der Waals surface area contributed by atoms with E-state index in [1.807, 2.05) is 24.5 Å². The summed E-state index contributed by atoms with van der Waals surface area (Å²) >= 11 is 10.7. The van der Waals surface area contributed by atoms with Crippen LogP contribution in [0.2, 0.25) is 5.15 Å². The van der Waals surface area contributed by atoms with E-state index < -0.39 is 0 Å². The van der Waals surface area contributed by atoms with E-state index in [1.54, 1.807) is 6.07 Å². The summed E-state index contributed by atoms with van der Waals surface area (Å²) in [6.07, 6.45) is 1.91. The third-order valence-electron chi connectivity index (χ3n) is 1.83. The molecule has 0 fully saturated rings. The fraction of sp³-hybridized carbons (Fsp3) is 0.100. The summed E-state index contributed by atoms with van der Waals surface area (Å²) in [6.45, 7) is 0. The molecule has 82 valence electrons. The van der Waals surface area contributed by atoms with Gasteiger partial charge >= 0.3 is 0 Å². The van der Waals surface area contributed by atoms with E-state index in [4.69, 9.17) is 11.6 Å². The zero-order chi connectivity index (χ0) is 11.5. The van der Waals surface area contributed by atoms with Crippen molar-refractivity contribution in [3.05, 3.63) is 34.0 Å². The molecule has 0 N–H and O–H groups in total. The Hall–Kier alpha value is -0.650. The van der Waals surface area contributed by atoms with Gasteiger partial charge in [0.25, 0.3) is 0 Å². The zero-order valence-electron chi connectivity index (χ0n) is 8.32. The summed E-state index contributed by atoms with van der Waals surface area (Å²) in [5.74, 6) is 0. The first kappa shape index (κ1) is 11.8. The van der Waals surface area contributed by atoms with Crippen LogP contribution in [0.1, 0.15) is 0 Å². The number of hydrogen-bond donors (Lipinski definition) is 0. The fourth-order valence-electron chi connectivity index (χ4n) is 1.17. The summed E-state index contributed by atoms with van der Waals surface area (Å²) in [6, 6.07) is 7.35. The van der Waals surface area contributed by atoms with Crippen LogP contribution < -0.4 is 0 Å². The molecule has 0 radical (unpaired) electrons. The van der Waals surface area contributed by atoms with Crippen LogP contribution in [0.3, 0.4) is 0 Å². The maximum Gasteiger partial charge on any atom is 0.189 e. The van der Waals surface area contributed by atoms with E-state index in [0.29, 0.717) is 10.3 Å². The van der Waals surface area contributed by atoms with Crippen molar-refractivity contribution in [3.8, 4) is 11.4 Å². The van der Waals surface area contributed by atoms with Crippen LogP contribution in [-0.4, -0.2) is 21.2 Å². The SMILES string of the molecule is CSc1nc(Cl)cc(-c2cccc(Br)n2)n1. The molecule has 0 aliphatic rings. The highest BCUT2D eigenvalue weighted by atomic mass is 79.9. The van der Waals surface area contributed by atoms with Gasteiger partial charge in [-0.25, -0.2) is 15.0 Å². The van der Waals surface area contributed by atoms with Crippen molar-refractivity contribution in [1.82, 2.24) is 15.0 Å². The van der Waals surface area contributed by atoms with Gasteiger partial charge in [-0.15, -0.1) is 0 Å². The summed E-state index contributed by atoms with van der Waals surface area (Å²) < 4.78 is 0.769. The van der Waals surface area contributed by atoms with Crippen molar-refractivity contribution in [2.45, 2.75) is 5.16 Å². The second-order valence-electron chi connectivity index (χ2n) is 2.91. The van der Waals surface area contributed by atoms with Crippen LogP contribution in [0.15, 0.2) is 34.0 Å². The number of aromatic nitrogens is 3. The highest BCUT2D eigenvalue weighted by molar-refractivity contribution is 9.10. The zero-order valence-corrected chi connectivity index (χ0v) is 11.5. The molecule has 0 aliphatic heterocycles. The normalized spacial score (nSPS) is 10.4. The van der Waals surface area contributed by atoms with Crippen molar-refractivity contribution < 1.29 is 0 Å². The summed E-state index contributed by atoms with van der Waals surface area (Å²) in [5, 5.41) is 1.07. The predicted molar refractivity (Wildman–Crippen MR) is 69.8 cm³/mol. The Morgan fingerprint density at radius 1 is 1.19 bits per heavy atom. The topological polar surface area (TPSA) is 38.7 Å². The van der Waals surface area contributed by atoms with Gasteiger partial charge in [-0.05, 0) is 34.3 Å². The Balaban J connectivity index is 2.51. The minimum Gasteiger partial charge on any atom is -0.239 e. The Morgan fingerprint density at radius 3 is 2.69 bits per heavy atom. The van der Waals surface area contributed by atoms with Gasteiger partial charge in [0, 0.05) is 6.07 Å². The van der Waals surface area contributed by atoms with Crippen molar-refractivity contribution in [2.24, 2.45) is 0 Å². The number of hydrogen-bond acceptors (Lipinski definition) is 4. The molecule has 16 heavy (non-hydrogen) atoms. The fourth-order valence-corrected chi connectivity index (χ4v) is 2.13. The Labute approximate surface area is 111 Å². The summed E-state index contributed by atoms with van der Waals surface area (Å²) in [4.78, 5) is 12.7. The third-order valence-corrected chi connectivity index (χ3v) is 3.02. The second kappa shape index (κ2) is 5.12. The quantitative estimate of drug-likeness (QED) is 0.367. The number of pyridine rings is 1. The minimum atomic E-state index is 0.427. The predicted octanol–water partition coefficient (Wildman–Crippen LogP) is 3.68. The number of halogens is 2. The van der Waals surface area contributed by atoms with Crippen LogP contribution in [0.5, 0.6) is 0 Å². The van der Waals surface area contributed by atoms with Crippen molar-refractivity contribution in [3.63, 3.8) is 0 Å². The van der Waals surface area contributed by atoms with Crippen LogP contribution in [-0.2, 0) is 0 Å². The van der Waals surface area contributed by atoms with Crippen molar-refractivity contribution in [1.29, 1.82) is 0 Å². The molecule has 0 atom stereocenters. The van der Waals surface area contributed by atoms with E-state index in [0.717, 1.165) is 16.0 Å². The van der Waals surface area contributed by atoms with E-state index in [2.05, 4.69) is 30.9 Å². The van der Waals surface area contributed by atoms with Gasteiger partial charge in [0.1, 0.15) is 9.76 Å². The Kier molecular flexibility index (Phi) is 3.78. The molecule has 0 aliphatic carbocycles. The minimum absolute atomic E-state index is 0.427. The van der Waals surface area contributed by atoms with Gasteiger partial charge in [0.05, 0.1) is 11.4 Å². The van der Waals surface area contributed by atoms with Crippen LogP contribution in [0, 0.1) is 0 Å². The first-order valence-corrected chi connectivity index (χ1v) is 6.80. The lowest BCUT2D eigenvalue weighted by molar-refractivity contribution is 0.971. The van der Waals surface area contributed by atoms with Gasteiger partial charge < -0.3 is 0 Å². The molecule has 2 rings (SSSR count). The molecule has 0 aromatic carbocycles. The highest BCUT2D eigenvalue weighted by Crippen LogP contribution is 2.22. The van der Waals surface area contributed by atoms with Crippen LogP contribution in [0.4, 0.5) is 0 Å². The molecular weight excluding hydrogens is 310 g/mol. The van der Waals surface area contributed by atoms with Crippen molar-refractivity contribution in [2.75, 3.05) is 6.26 Å². The second-order valence-corrected chi connectivity index (χ2v) is 4.88. The van der Waals surface area contributed by atoms with Gasteiger partial charge in [-0.2, -0.15) is 0 Å². The molecule has 0 amide bonds. The largest absolute Gasteiger partial charge is 0.239 e. The van der Waals surface area contributed by atoms with Crippen molar-refractivity contribution >= 4 is 39.3 Å².